The predicted octanol–water partition coefficient (Wildman–Crippen LogP) is 4.19. The van der Waals surface area contributed by atoms with Gasteiger partial charge in [0, 0.05) is 29.7 Å². The quantitative estimate of drug-likeness (QED) is 0.905. The standard InChI is InChI=1S/C16H27N3S/c17-16-18-11-15(20-16)12-19(13-7-3-1-4-8-13)14-9-5-2-6-10-14/h11,13-14H,1-10,12H2,(H2,17,18). The van der Waals surface area contributed by atoms with Crippen molar-refractivity contribution in [2.24, 2.45) is 0 Å². The van der Waals surface area contributed by atoms with Crippen LogP contribution in [-0.2, 0) is 6.54 Å². The monoisotopic (exact) mass is 293 g/mol. The van der Waals surface area contributed by atoms with Crippen LogP contribution in [0, 0.1) is 0 Å². The Kier molecular flexibility index (Phi) is 4.94. The smallest absolute Gasteiger partial charge is 0.180 e. The molecule has 0 bridgehead atoms. The van der Waals surface area contributed by atoms with Crippen LogP contribution in [0.5, 0.6) is 0 Å². The van der Waals surface area contributed by atoms with Gasteiger partial charge in [-0.1, -0.05) is 38.5 Å². The third-order valence-corrected chi connectivity index (χ3v) is 5.81. The zero-order valence-corrected chi connectivity index (χ0v) is 13.2. The Balaban J connectivity index is 1.71. The minimum absolute atomic E-state index is 0.715. The lowest BCUT2D eigenvalue weighted by atomic mass is 9.88. The molecule has 112 valence electrons. The van der Waals surface area contributed by atoms with Gasteiger partial charge in [0.1, 0.15) is 0 Å². The maximum Gasteiger partial charge on any atom is 0.180 e. The fraction of sp³-hybridized carbons (Fsp3) is 0.812. The van der Waals surface area contributed by atoms with Gasteiger partial charge in [-0.05, 0) is 25.7 Å². The van der Waals surface area contributed by atoms with Gasteiger partial charge in [0.15, 0.2) is 5.13 Å². The second-order valence-corrected chi connectivity index (χ2v) is 7.57. The number of anilines is 1. The van der Waals surface area contributed by atoms with Crippen molar-refractivity contribution in [2.45, 2.75) is 82.8 Å². The van der Waals surface area contributed by atoms with Crippen LogP contribution in [0.25, 0.3) is 0 Å². The number of nitrogens with zero attached hydrogens (tertiary/aromatic N) is 2. The third-order valence-electron chi connectivity index (χ3n) is 5.00. The molecule has 3 rings (SSSR count). The molecule has 2 aliphatic rings. The molecule has 0 atom stereocenters. The SMILES string of the molecule is Nc1ncc(CN(C2CCCCC2)C2CCCCC2)s1. The molecular weight excluding hydrogens is 266 g/mol. The van der Waals surface area contributed by atoms with Gasteiger partial charge in [-0.2, -0.15) is 0 Å². The summed E-state index contributed by atoms with van der Waals surface area (Å²) in [5, 5.41) is 0.715. The highest BCUT2D eigenvalue weighted by Gasteiger charge is 2.29. The van der Waals surface area contributed by atoms with Crippen LogP contribution in [0.4, 0.5) is 5.13 Å². The van der Waals surface area contributed by atoms with Crippen LogP contribution >= 0.6 is 11.3 Å². The summed E-state index contributed by atoms with van der Waals surface area (Å²) in [6.45, 7) is 1.07. The van der Waals surface area contributed by atoms with E-state index >= 15 is 0 Å². The van der Waals surface area contributed by atoms with E-state index in [0.29, 0.717) is 5.13 Å². The first-order valence-electron chi connectivity index (χ1n) is 8.29. The van der Waals surface area contributed by atoms with Crippen molar-refractivity contribution < 1.29 is 0 Å². The van der Waals surface area contributed by atoms with Crippen LogP contribution < -0.4 is 5.73 Å². The van der Waals surface area contributed by atoms with Gasteiger partial charge >= 0.3 is 0 Å². The van der Waals surface area contributed by atoms with E-state index in [1.807, 2.05) is 6.20 Å². The zero-order valence-electron chi connectivity index (χ0n) is 12.4. The molecule has 2 fully saturated rings. The number of hydrogen-bond donors (Lipinski definition) is 1. The molecule has 1 heterocycles. The Hall–Kier alpha value is -0.610. The Morgan fingerprint density at radius 2 is 1.55 bits per heavy atom. The van der Waals surface area contributed by atoms with Crippen molar-refractivity contribution in [2.75, 3.05) is 5.73 Å². The van der Waals surface area contributed by atoms with Gasteiger partial charge in [0.05, 0.1) is 0 Å². The molecule has 2 aliphatic carbocycles. The number of aromatic nitrogens is 1. The summed E-state index contributed by atoms with van der Waals surface area (Å²) in [5.74, 6) is 0. The van der Waals surface area contributed by atoms with Crippen molar-refractivity contribution in [3.8, 4) is 0 Å². The first-order valence-corrected chi connectivity index (χ1v) is 9.10. The topological polar surface area (TPSA) is 42.1 Å². The van der Waals surface area contributed by atoms with E-state index in [0.717, 1.165) is 18.6 Å². The van der Waals surface area contributed by atoms with E-state index in [2.05, 4.69) is 9.88 Å². The summed E-state index contributed by atoms with van der Waals surface area (Å²) in [6, 6.07) is 1.60. The molecule has 2 N–H and O–H groups in total. The number of thiazole rings is 1. The molecule has 0 saturated heterocycles. The summed E-state index contributed by atoms with van der Waals surface area (Å²) in [5.41, 5.74) is 5.80. The van der Waals surface area contributed by atoms with Crippen LogP contribution in [0.1, 0.15) is 69.1 Å². The van der Waals surface area contributed by atoms with Gasteiger partial charge < -0.3 is 5.73 Å². The van der Waals surface area contributed by atoms with E-state index in [1.54, 1.807) is 11.3 Å². The molecule has 0 amide bonds. The Morgan fingerprint density at radius 3 is 2.00 bits per heavy atom. The molecule has 20 heavy (non-hydrogen) atoms. The minimum Gasteiger partial charge on any atom is -0.375 e. The second-order valence-electron chi connectivity index (χ2n) is 6.42. The molecule has 1 aromatic rings. The van der Waals surface area contributed by atoms with Crippen LogP contribution in [0.15, 0.2) is 6.20 Å². The molecule has 1 aromatic heterocycles. The molecule has 0 radical (unpaired) electrons. The average molecular weight is 293 g/mol. The molecule has 0 aromatic carbocycles. The van der Waals surface area contributed by atoms with Gasteiger partial charge in [0.2, 0.25) is 0 Å². The zero-order chi connectivity index (χ0) is 13.8. The van der Waals surface area contributed by atoms with Crippen LogP contribution in [0.3, 0.4) is 0 Å². The Bertz CT molecular complexity index is 388. The number of nitrogen functional groups attached to an aromatic ring is 1. The lowest BCUT2D eigenvalue weighted by Crippen LogP contribution is -2.44. The molecule has 0 aliphatic heterocycles. The van der Waals surface area contributed by atoms with E-state index in [1.165, 1.54) is 69.1 Å². The normalized spacial score (nSPS) is 22.4. The number of rotatable bonds is 4. The van der Waals surface area contributed by atoms with Gasteiger partial charge in [-0.25, -0.2) is 4.98 Å². The van der Waals surface area contributed by atoms with E-state index in [4.69, 9.17) is 5.73 Å². The Morgan fingerprint density at radius 1 is 1.00 bits per heavy atom. The van der Waals surface area contributed by atoms with Crippen molar-refractivity contribution >= 4 is 16.5 Å². The van der Waals surface area contributed by atoms with E-state index < -0.39 is 0 Å². The molecular formula is C16H27N3S. The van der Waals surface area contributed by atoms with Crippen LogP contribution in [0.2, 0.25) is 0 Å². The van der Waals surface area contributed by atoms with Crippen molar-refractivity contribution in [3.05, 3.63) is 11.1 Å². The molecule has 3 nitrogen and oxygen atoms in total. The van der Waals surface area contributed by atoms with E-state index in [-0.39, 0.29) is 0 Å². The summed E-state index contributed by atoms with van der Waals surface area (Å²) in [4.78, 5) is 8.39. The Labute approximate surface area is 126 Å². The third kappa shape index (κ3) is 3.53. The minimum atomic E-state index is 0.715. The maximum atomic E-state index is 5.80. The highest BCUT2D eigenvalue weighted by molar-refractivity contribution is 7.15. The number of nitrogens with two attached hydrogens (primary N) is 1. The summed E-state index contributed by atoms with van der Waals surface area (Å²) in [6.07, 6.45) is 16.1. The van der Waals surface area contributed by atoms with Crippen molar-refractivity contribution in [1.82, 2.24) is 9.88 Å². The average Bonchev–Trinajstić information content (AvgIpc) is 2.92. The summed E-state index contributed by atoms with van der Waals surface area (Å²) >= 11 is 1.67. The fourth-order valence-electron chi connectivity index (χ4n) is 3.96. The fourth-order valence-corrected chi connectivity index (χ4v) is 4.65. The van der Waals surface area contributed by atoms with Crippen molar-refractivity contribution in [1.29, 1.82) is 0 Å². The number of hydrogen-bond acceptors (Lipinski definition) is 4. The largest absolute Gasteiger partial charge is 0.375 e. The van der Waals surface area contributed by atoms with Crippen molar-refractivity contribution in [3.63, 3.8) is 0 Å². The van der Waals surface area contributed by atoms with Gasteiger partial charge in [-0.3, -0.25) is 4.90 Å². The van der Waals surface area contributed by atoms with Crippen LogP contribution in [-0.4, -0.2) is 22.0 Å². The lowest BCUT2D eigenvalue weighted by Gasteiger charge is -2.41. The maximum absolute atomic E-state index is 5.80. The summed E-state index contributed by atoms with van der Waals surface area (Å²) in [7, 11) is 0. The molecule has 4 heteroatoms. The highest BCUT2D eigenvalue weighted by atomic mass is 32.1. The first-order chi connectivity index (χ1) is 9.83. The first kappa shape index (κ1) is 14.3. The highest BCUT2D eigenvalue weighted by Crippen LogP contribution is 2.32. The molecule has 0 unspecified atom stereocenters. The molecule has 2 saturated carbocycles. The second kappa shape index (κ2) is 6.90. The van der Waals surface area contributed by atoms with Gasteiger partial charge in [0.25, 0.3) is 0 Å². The lowest BCUT2D eigenvalue weighted by molar-refractivity contribution is 0.0741. The molecule has 0 spiro atoms. The summed E-state index contributed by atoms with van der Waals surface area (Å²) < 4.78 is 0. The van der Waals surface area contributed by atoms with E-state index in [9.17, 15) is 0 Å². The van der Waals surface area contributed by atoms with Gasteiger partial charge in [-0.15, -0.1) is 11.3 Å². The predicted molar refractivity (Wildman–Crippen MR) is 85.8 cm³/mol.